The highest BCUT2D eigenvalue weighted by Gasteiger charge is 2.02. The molecule has 0 atom stereocenters. The van der Waals surface area contributed by atoms with Crippen molar-refractivity contribution < 1.29 is 4.39 Å². The zero-order valence-electron chi connectivity index (χ0n) is 14.7. The maximum atomic E-state index is 12.9. The molecule has 136 valence electrons. The zero-order chi connectivity index (χ0) is 17.9. The summed E-state index contributed by atoms with van der Waals surface area (Å²) in [5.74, 6) is 2.45. The molecule has 1 aromatic heterocycles. The molecular weight excluding hydrogens is 339 g/mol. The van der Waals surface area contributed by atoms with Gasteiger partial charge in [0.25, 0.3) is 0 Å². The van der Waals surface area contributed by atoms with Gasteiger partial charge in [0.05, 0.1) is 6.54 Å². The van der Waals surface area contributed by atoms with Crippen molar-refractivity contribution in [1.82, 2.24) is 25.4 Å². The second kappa shape index (κ2) is 10.7. The van der Waals surface area contributed by atoms with Crippen LogP contribution in [-0.2, 0) is 13.0 Å². The number of rotatable bonds is 9. The number of hydrogen-bond donors (Lipinski definition) is 2. The number of nitrogens with one attached hydrogen (secondary N) is 2. The van der Waals surface area contributed by atoms with Crippen LogP contribution in [-0.4, -0.2) is 46.1 Å². The van der Waals surface area contributed by atoms with E-state index in [4.69, 9.17) is 0 Å². The first-order valence-electron chi connectivity index (χ1n) is 8.50. The molecule has 2 aromatic rings. The van der Waals surface area contributed by atoms with E-state index in [2.05, 4.69) is 32.7 Å². The number of guanidine groups is 1. The average Bonchev–Trinajstić information content (AvgIpc) is 3.07. The van der Waals surface area contributed by atoms with Crippen molar-refractivity contribution in [3.63, 3.8) is 0 Å². The van der Waals surface area contributed by atoms with Crippen molar-refractivity contribution in [1.29, 1.82) is 0 Å². The van der Waals surface area contributed by atoms with Gasteiger partial charge in [-0.15, -0.1) is 22.0 Å². The maximum absolute atomic E-state index is 12.9. The molecule has 0 amide bonds. The van der Waals surface area contributed by atoms with Crippen LogP contribution < -0.4 is 10.6 Å². The predicted molar refractivity (Wildman–Crippen MR) is 101 cm³/mol. The normalized spacial score (nSPS) is 11.6. The lowest BCUT2D eigenvalue weighted by Crippen LogP contribution is -2.38. The molecule has 0 unspecified atom stereocenters. The highest BCUT2D eigenvalue weighted by atomic mass is 32.2. The topological polar surface area (TPSA) is 67.1 Å². The van der Waals surface area contributed by atoms with E-state index in [9.17, 15) is 4.39 Å². The summed E-state index contributed by atoms with van der Waals surface area (Å²) in [5, 5.41) is 14.6. The molecule has 8 heteroatoms. The Morgan fingerprint density at radius 1 is 1.24 bits per heavy atom. The van der Waals surface area contributed by atoms with Gasteiger partial charge >= 0.3 is 0 Å². The Morgan fingerprint density at radius 2 is 2.04 bits per heavy atom. The molecule has 1 aromatic carbocycles. The Hall–Kier alpha value is -2.09. The Kier molecular flexibility index (Phi) is 8.24. The molecule has 0 spiro atoms. The molecule has 2 rings (SSSR count). The molecule has 0 saturated carbocycles. The number of halogens is 1. The molecule has 0 radical (unpaired) electrons. The molecule has 0 saturated heterocycles. The van der Waals surface area contributed by atoms with Gasteiger partial charge in [-0.1, -0.05) is 6.92 Å². The van der Waals surface area contributed by atoms with Gasteiger partial charge in [0, 0.05) is 36.7 Å². The van der Waals surface area contributed by atoms with E-state index in [1.807, 2.05) is 11.5 Å². The Labute approximate surface area is 152 Å². The summed E-state index contributed by atoms with van der Waals surface area (Å²) in [6, 6.07) is 6.56. The van der Waals surface area contributed by atoms with Crippen LogP contribution in [0.2, 0.25) is 0 Å². The number of thioether (sulfide) groups is 1. The first kappa shape index (κ1) is 19.2. The van der Waals surface area contributed by atoms with Gasteiger partial charge in [-0.2, -0.15) is 0 Å². The quantitative estimate of drug-likeness (QED) is 0.309. The second-order valence-corrected chi connectivity index (χ2v) is 6.45. The molecule has 0 aliphatic carbocycles. The fourth-order valence-electron chi connectivity index (χ4n) is 2.22. The van der Waals surface area contributed by atoms with Crippen molar-refractivity contribution >= 4 is 17.7 Å². The molecule has 0 aliphatic rings. The average molecular weight is 364 g/mol. The molecule has 6 nitrogen and oxygen atoms in total. The molecular formula is C17H25FN6S. The van der Waals surface area contributed by atoms with Crippen molar-refractivity contribution in [3.05, 3.63) is 42.2 Å². The lowest BCUT2D eigenvalue weighted by atomic mass is 10.4. The van der Waals surface area contributed by atoms with E-state index >= 15 is 0 Å². The lowest BCUT2D eigenvalue weighted by Gasteiger charge is -2.11. The minimum absolute atomic E-state index is 0.205. The summed E-state index contributed by atoms with van der Waals surface area (Å²) in [6.45, 7) is 7.11. The summed E-state index contributed by atoms with van der Waals surface area (Å²) in [7, 11) is 0. The van der Waals surface area contributed by atoms with E-state index in [0.29, 0.717) is 6.54 Å². The van der Waals surface area contributed by atoms with Crippen LogP contribution in [0.3, 0.4) is 0 Å². The zero-order valence-corrected chi connectivity index (χ0v) is 15.5. The minimum atomic E-state index is -0.205. The van der Waals surface area contributed by atoms with E-state index in [-0.39, 0.29) is 5.82 Å². The minimum Gasteiger partial charge on any atom is -0.357 e. The maximum Gasteiger partial charge on any atom is 0.191 e. The summed E-state index contributed by atoms with van der Waals surface area (Å²) < 4.78 is 14.9. The fraction of sp³-hybridized carbons (Fsp3) is 0.471. The van der Waals surface area contributed by atoms with E-state index in [0.717, 1.165) is 48.5 Å². The van der Waals surface area contributed by atoms with Crippen molar-refractivity contribution in [2.24, 2.45) is 4.99 Å². The van der Waals surface area contributed by atoms with Crippen molar-refractivity contribution in [2.45, 2.75) is 31.7 Å². The molecule has 0 bridgehead atoms. The third kappa shape index (κ3) is 6.74. The molecule has 25 heavy (non-hydrogen) atoms. The van der Waals surface area contributed by atoms with Gasteiger partial charge in [-0.3, -0.25) is 4.99 Å². The fourth-order valence-corrected chi connectivity index (χ4v) is 2.99. The molecule has 0 aliphatic heterocycles. The molecule has 1 heterocycles. The summed E-state index contributed by atoms with van der Waals surface area (Å²) in [5.41, 5.74) is 0. The Morgan fingerprint density at radius 3 is 2.76 bits per heavy atom. The SMILES string of the molecule is CCNC(=NCCn1cnnc1CC)NCCSc1ccc(F)cc1. The third-order valence-corrected chi connectivity index (χ3v) is 4.46. The van der Waals surface area contributed by atoms with Gasteiger partial charge in [0.15, 0.2) is 5.96 Å². The van der Waals surface area contributed by atoms with Crippen molar-refractivity contribution in [3.8, 4) is 0 Å². The number of nitrogens with zero attached hydrogens (tertiary/aromatic N) is 4. The van der Waals surface area contributed by atoms with Gasteiger partial charge in [-0.05, 0) is 31.2 Å². The van der Waals surface area contributed by atoms with Gasteiger partial charge < -0.3 is 15.2 Å². The third-order valence-electron chi connectivity index (χ3n) is 3.44. The first-order chi connectivity index (χ1) is 12.2. The first-order valence-corrected chi connectivity index (χ1v) is 9.48. The monoisotopic (exact) mass is 364 g/mol. The van der Waals surface area contributed by atoms with Crippen molar-refractivity contribution in [2.75, 3.05) is 25.4 Å². The van der Waals surface area contributed by atoms with Crippen LogP contribution in [0.5, 0.6) is 0 Å². The summed E-state index contributed by atoms with van der Waals surface area (Å²) >= 11 is 1.68. The van der Waals surface area contributed by atoms with Gasteiger partial charge in [0.1, 0.15) is 18.0 Å². The van der Waals surface area contributed by atoms with Crippen LogP contribution in [0.25, 0.3) is 0 Å². The lowest BCUT2D eigenvalue weighted by molar-refractivity contribution is 0.626. The number of aliphatic imine (C=N–C) groups is 1. The smallest absolute Gasteiger partial charge is 0.191 e. The van der Waals surface area contributed by atoms with Crippen LogP contribution in [0.1, 0.15) is 19.7 Å². The van der Waals surface area contributed by atoms with Crippen LogP contribution in [0.15, 0.2) is 40.5 Å². The highest BCUT2D eigenvalue weighted by molar-refractivity contribution is 7.99. The summed E-state index contributed by atoms with van der Waals surface area (Å²) in [4.78, 5) is 5.64. The number of aryl methyl sites for hydroxylation is 1. The van der Waals surface area contributed by atoms with E-state index in [1.165, 1.54) is 12.1 Å². The number of aromatic nitrogens is 3. The largest absolute Gasteiger partial charge is 0.357 e. The Balaban J connectivity index is 1.74. The Bertz CT molecular complexity index is 655. The van der Waals surface area contributed by atoms with Crippen LogP contribution >= 0.6 is 11.8 Å². The highest BCUT2D eigenvalue weighted by Crippen LogP contribution is 2.17. The van der Waals surface area contributed by atoms with E-state index < -0.39 is 0 Å². The predicted octanol–water partition coefficient (Wildman–Crippen LogP) is 2.33. The summed E-state index contributed by atoms with van der Waals surface area (Å²) in [6.07, 6.45) is 2.61. The van der Waals surface area contributed by atoms with Gasteiger partial charge in [-0.25, -0.2) is 4.39 Å². The number of benzene rings is 1. The van der Waals surface area contributed by atoms with Gasteiger partial charge in [0.2, 0.25) is 0 Å². The second-order valence-electron chi connectivity index (χ2n) is 5.28. The van der Waals surface area contributed by atoms with Crippen LogP contribution in [0, 0.1) is 5.82 Å². The molecule has 2 N–H and O–H groups in total. The van der Waals surface area contributed by atoms with Crippen LogP contribution in [0.4, 0.5) is 4.39 Å². The molecule has 0 fully saturated rings. The standard InChI is InChI=1S/C17H25FN6S/c1-3-16-23-22-13-24(16)11-9-20-17(19-4-2)21-10-12-25-15-7-5-14(18)6-8-15/h5-8,13H,3-4,9-12H2,1-2H3,(H2,19,20,21). The van der Waals surface area contributed by atoms with E-state index in [1.54, 1.807) is 30.2 Å². The number of hydrogen-bond acceptors (Lipinski definition) is 4.